The molecule has 0 aliphatic rings. The van der Waals surface area contributed by atoms with Gasteiger partial charge in [0.2, 0.25) is 0 Å². The molecular formula is C15H11F3N2OS. The molecule has 22 heavy (non-hydrogen) atoms. The molecule has 1 amide bonds. The Kier molecular flexibility index (Phi) is 4.77. The summed E-state index contributed by atoms with van der Waals surface area (Å²) in [5, 5.41) is 5.27. The van der Waals surface area contributed by atoms with E-state index < -0.39 is 17.6 Å². The van der Waals surface area contributed by atoms with Crippen LogP contribution in [0.3, 0.4) is 0 Å². The number of anilines is 1. The van der Waals surface area contributed by atoms with E-state index in [9.17, 15) is 18.0 Å². The lowest BCUT2D eigenvalue weighted by atomic mass is 10.1. The van der Waals surface area contributed by atoms with E-state index in [1.54, 1.807) is 24.3 Å². The van der Waals surface area contributed by atoms with Crippen molar-refractivity contribution in [3.05, 3.63) is 65.7 Å². The molecule has 2 N–H and O–H groups in total. The van der Waals surface area contributed by atoms with Crippen molar-refractivity contribution in [1.82, 2.24) is 5.32 Å². The number of amides is 1. The number of nitrogens with one attached hydrogen (secondary N) is 2. The highest BCUT2D eigenvalue weighted by atomic mass is 32.1. The van der Waals surface area contributed by atoms with Crippen LogP contribution in [-0.2, 0) is 6.18 Å². The van der Waals surface area contributed by atoms with Crippen LogP contribution in [0.1, 0.15) is 15.9 Å². The third-order valence-electron chi connectivity index (χ3n) is 2.73. The molecule has 7 heteroatoms. The number of halogens is 3. The van der Waals surface area contributed by atoms with Crippen molar-refractivity contribution in [2.45, 2.75) is 6.18 Å². The van der Waals surface area contributed by atoms with Crippen molar-refractivity contribution in [2.24, 2.45) is 0 Å². The molecule has 0 radical (unpaired) electrons. The monoisotopic (exact) mass is 324 g/mol. The van der Waals surface area contributed by atoms with E-state index >= 15 is 0 Å². The first-order valence-corrected chi connectivity index (χ1v) is 6.62. The van der Waals surface area contributed by atoms with Gasteiger partial charge in [0.25, 0.3) is 5.91 Å². The third-order valence-corrected chi connectivity index (χ3v) is 2.94. The highest BCUT2D eigenvalue weighted by Crippen LogP contribution is 2.29. The number of benzene rings is 2. The van der Waals surface area contributed by atoms with Gasteiger partial charge < -0.3 is 5.32 Å². The van der Waals surface area contributed by atoms with E-state index in [2.05, 4.69) is 10.6 Å². The predicted molar refractivity (Wildman–Crippen MR) is 81.6 cm³/mol. The normalized spacial score (nSPS) is 10.9. The summed E-state index contributed by atoms with van der Waals surface area (Å²) in [5.41, 5.74) is -0.0283. The molecule has 0 spiro atoms. The highest BCUT2D eigenvalue weighted by Gasteiger charge is 2.30. The quantitative estimate of drug-likeness (QED) is 0.825. The van der Waals surface area contributed by atoms with Crippen LogP contribution in [0.15, 0.2) is 54.6 Å². The predicted octanol–water partition coefficient (Wildman–Crippen LogP) is 3.83. The molecule has 2 rings (SSSR count). The Labute approximate surface area is 130 Å². The minimum absolute atomic E-state index is 0.0658. The van der Waals surface area contributed by atoms with Gasteiger partial charge in [0.1, 0.15) is 0 Å². The molecule has 0 aromatic heterocycles. The van der Waals surface area contributed by atoms with Gasteiger partial charge in [-0.3, -0.25) is 10.1 Å². The Bertz CT molecular complexity index is 669. The van der Waals surface area contributed by atoms with Gasteiger partial charge in [-0.25, -0.2) is 0 Å². The van der Waals surface area contributed by atoms with Gasteiger partial charge in [-0.1, -0.05) is 18.2 Å². The van der Waals surface area contributed by atoms with Gasteiger partial charge >= 0.3 is 6.18 Å². The van der Waals surface area contributed by atoms with Crippen molar-refractivity contribution < 1.29 is 18.0 Å². The van der Waals surface area contributed by atoms with Crippen LogP contribution in [-0.4, -0.2) is 11.0 Å². The van der Waals surface area contributed by atoms with E-state index in [0.29, 0.717) is 5.69 Å². The molecule has 114 valence electrons. The molecule has 3 nitrogen and oxygen atoms in total. The summed E-state index contributed by atoms with van der Waals surface area (Å²) in [6.07, 6.45) is -4.43. The number of carbonyl (C=O) groups excluding carboxylic acids is 1. The largest absolute Gasteiger partial charge is 0.416 e. The zero-order valence-corrected chi connectivity index (χ0v) is 12.0. The zero-order valence-electron chi connectivity index (χ0n) is 11.1. The summed E-state index contributed by atoms with van der Waals surface area (Å²) in [4.78, 5) is 11.9. The second kappa shape index (κ2) is 6.57. The molecule has 0 saturated heterocycles. The van der Waals surface area contributed by atoms with Crippen LogP contribution in [0.2, 0.25) is 0 Å². The number of hydrogen-bond acceptors (Lipinski definition) is 2. The summed E-state index contributed by atoms with van der Waals surface area (Å²) >= 11 is 4.97. The van der Waals surface area contributed by atoms with E-state index in [1.165, 1.54) is 0 Å². The van der Waals surface area contributed by atoms with E-state index in [1.807, 2.05) is 6.07 Å². The molecule has 2 aromatic carbocycles. The van der Waals surface area contributed by atoms with Crippen molar-refractivity contribution in [3.8, 4) is 0 Å². The van der Waals surface area contributed by atoms with Crippen molar-refractivity contribution in [3.63, 3.8) is 0 Å². The van der Waals surface area contributed by atoms with E-state index in [4.69, 9.17) is 12.2 Å². The first-order chi connectivity index (χ1) is 10.4. The Balaban J connectivity index is 1.98. The van der Waals surface area contributed by atoms with Crippen LogP contribution in [0.5, 0.6) is 0 Å². The van der Waals surface area contributed by atoms with Crippen LogP contribution in [0.25, 0.3) is 0 Å². The Morgan fingerprint density at radius 1 is 0.955 bits per heavy atom. The third kappa shape index (κ3) is 4.29. The van der Waals surface area contributed by atoms with Gasteiger partial charge in [-0.15, -0.1) is 0 Å². The van der Waals surface area contributed by atoms with Gasteiger partial charge in [0.15, 0.2) is 5.11 Å². The minimum atomic E-state index is -4.43. The number of para-hydroxylation sites is 1. The van der Waals surface area contributed by atoms with Gasteiger partial charge in [-0.05, 0) is 48.6 Å². The van der Waals surface area contributed by atoms with Crippen molar-refractivity contribution in [2.75, 3.05) is 5.32 Å². The molecule has 0 unspecified atom stereocenters. The molecule has 0 saturated carbocycles. The SMILES string of the molecule is O=C(NC(=S)Nc1ccccc1)c1ccc(C(F)(F)F)cc1. The zero-order chi connectivity index (χ0) is 16.2. The first kappa shape index (κ1) is 16.0. The molecule has 0 aliphatic carbocycles. The maximum absolute atomic E-state index is 12.4. The van der Waals surface area contributed by atoms with E-state index in [0.717, 1.165) is 24.3 Å². The number of carbonyl (C=O) groups is 1. The summed E-state index contributed by atoms with van der Waals surface area (Å²) in [6, 6.07) is 12.8. The topological polar surface area (TPSA) is 41.1 Å². The molecule has 0 fully saturated rings. The summed E-state index contributed by atoms with van der Waals surface area (Å²) < 4.78 is 37.3. The summed E-state index contributed by atoms with van der Waals surface area (Å²) in [6.45, 7) is 0. The lowest BCUT2D eigenvalue weighted by Crippen LogP contribution is -2.34. The van der Waals surface area contributed by atoms with Gasteiger partial charge in [0.05, 0.1) is 5.56 Å². The Hall–Kier alpha value is -2.41. The van der Waals surface area contributed by atoms with Crippen molar-refractivity contribution >= 4 is 28.9 Å². The average Bonchev–Trinajstić information content (AvgIpc) is 2.47. The second-order valence-corrected chi connectivity index (χ2v) is 4.76. The molecule has 0 atom stereocenters. The molecule has 0 aliphatic heterocycles. The Morgan fingerprint density at radius 2 is 1.55 bits per heavy atom. The van der Waals surface area contributed by atoms with Crippen molar-refractivity contribution in [1.29, 1.82) is 0 Å². The average molecular weight is 324 g/mol. The lowest BCUT2D eigenvalue weighted by molar-refractivity contribution is -0.137. The molecule has 0 heterocycles. The number of rotatable bonds is 2. The summed E-state index contributed by atoms with van der Waals surface area (Å²) in [5.74, 6) is -0.581. The standard InChI is InChI=1S/C15H11F3N2OS/c16-15(17,18)11-8-6-10(7-9-11)13(21)20-14(22)19-12-4-2-1-3-5-12/h1-9H,(H2,19,20,21,22). The lowest BCUT2D eigenvalue weighted by Gasteiger charge is -2.10. The fourth-order valence-corrected chi connectivity index (χ4v) is 1.88. The van der Waals surface area contributed by atoms with Crippen LogP contribution in [0.4, 0.5) is 18.9 Å². The van der Waals surface area contributed by atoms with Crippen LogP contribution < -0.4 is 10.6 Å². The first-order valence-electron chi connectivity index (χ1n) is 6.21. The fourth-order valence-electron chi connectivity index (χ4n) is 1.67. The maximum Gasteiger partial charge on any atom is 0.416 e. The Morgan fingerprint density at radius 3 is 2.09 bits per heavy atom. The highest BCUT2D eigenvalue weighted by molar-refractivity contribution is 7.80. The molecule has 2 aromatic rings. The smallest absolute Gasteiger partial charge is 0.332 e. The second-order valence-electron chi connectivity index (χ2n) is 4.35. The van der Waals surface area contributed by atoms with Gasteiger partial charge in [-0.2, -0.15) is 13.2 Å². The maximum atomic E-state index is 12.4. The molecular weight excluding hydrogens is 313 g/mol. The molecule has 0 bridgehead atoms. The van der Waals surface area contributed by atoms with Crippen LogP contribution >= 0.6 is 12.2 Å². The van der Waals surface area contributed by atoms with Gasteiger partial charge in [0, 0.05) is 11.3 Å². The number of hydrogen-bond donors (Lipinski definition) is 2. The van der Waals surface area contributed by atoms with E-state index in [-0.39, 0.29) is 10.7 Å². The summed E-state index contributed by atoms with van der Waals surface area (Å²) in [7, 11) is 0. The fraction of sp³-hybridized carbons (Fsp3) is 0.0667. The minimum Gasteiger partial charge on any atom is -0.332 e. The van der Waals surface area contributed by atoms with Crippen LogP contribution in [0, 0.1) is 0 Å². The number of thiocarbonyl (C=S) groups is 1. The number of alkyl halides is 3.